The Balaban J connectivity index is 2.95. The lowest BCUT2D eigenvalue weighted by atomic mass is 9.92. The molecule has 0 saturated carbocycles. The van der Waals surface area contributed by atoms with Crippen LogP contribution in [-0.2, 0) is 9.59 Å². The first-order valence-electron chi connectivity index (χ1n) is 6.63. The van der Waals surface area contributed by atoms with Crippen molar-refractivity contribution in [3.8, 4) is 0 Å². The summed E-state index contributed by atoms with van der Waals surface area (Å²) in [6.07, 6.45) is 2.05. The Labute approximate surface area is 124 Å². The molecule has 5 nitrogen and oxygen atoms in total. The third-order valence-electron chi connectivity index (χ3n) is 2.86. The fraction of sp³-hybridized carbons (Fsp3) is 0.375. The number of aliphatic hydroxyl groups is 1. The van der Waals surface area contributed by atoms with Gasteiger partial charge in [-0.15, -0.1) is 0 Å². The van der Waals surface area contributed by atoms with Gasteiger partial charge in [0.15, 0.2) is 11.4 Å². The van der Waals surface area contributed by atoms with Crippen molar-refractivity contribution >= 4 is 17.8 Å². The largest absolute Gasteiger partial charge is 0.550 e. The van der Waals surface area contributed by atoms with Crippen molar-refractivity contribution in [2.75, 3.05) is 27.7 Å². The highest BCUT2D eigenvalue weighted by atomic mass is 16.4. The quantitative estimate of drug-likeness (QED) is 0.560. The second kappa shape index (κ2) is 6.65. The zero-order valence-corrected chi connectivity index (χ0v) is 12.6. The molecular formula is C16H21NO4. The number of likely N-dealkylation sites (N-methyl/N-ethyl adjacent to an activating group) is 1. The van der Waals surface area contributed by atoms with E-state index in [4.69, 9.17) is 0 Å². The molecule has 0 heterocycles. The van der Waals surface area contributed by atoms with E-state index >= 15 is 0 Å². The van der Waals surface area contributed by atoms with Crippen molar-refractivity contribution in [3.63, 3.8) is 0 Å². The van der Waals surface area contributed by atoms with E-state index in [1.807, 2.05) is 18.2 Å². The van der Waals surface area contributed by atoms with Gasteiger partial charge in [0.1, 0.15) is 6.54 Å². The van der Waals surface area contributed by atoms with Gasteiger partial charge in [-0.05, 0) is 11.6 Å². The monoisotopic (exact) mass is 291 g/mol. The Morgan fingerprint density at radius 1 is 1.24 bits per heavy atom. The average molecular weight is 291 g/mol. The van der Waals surface area contributed by atoms with E-state index in [0.717, 1.165) is 5.56 Å². The minimum atomic E-state index is -1.97. The standard InChI is InChI=1S/C16H21NO4/c1-17(2,3)12-16(21,11-15(19)20)14(18)10-9-13-7-5-4-6-8-13/h4-10,21H,11-12H2,1-3H3. The van der Waals surface area contributed by atoms with Crippen LogP contribution < -0.4 is 5.11 Å². The van der Waals surface area contributed by atoms with Gasteiger partial charge in [0, 0.05) is 12.4 Å². The molecule has 114 valence electrons. The van der Waals surface area contributed by atoms with Crippen molar-refractivity contribution in [1.29, 1.82) is 0 Å². The fourth-order valence-corrected chi connectivity index (χ4v) is 2.14. The van der Waals surface area contributed by atoms with Gasteiger partial charge in [-0.3, -0.25) is 4.79 Å². The molecule has 1 atom stereocenters. The fourth-order valence-electron chi connectivity index (χ4n) is 2.14. The van der Waals surface area contributed by atoms with Crippen LogP contribution in [0.25, 0.3) is 6.08 Å². The van der Waals surface area contributed by atoms with Gasteiger partial charge in [0.25, 0.3) is 0 Å². The molecule has 1 N–H and O–H groups in total. The van der Waals surface area contributed by atoms with E-state index < -0.39 is 23.8 Å². The molecule has 0 amide bonds. The molecule has 0 spiro atoms. The van der Waals surface area contributed by atoms with Gasteiger partial charge in [0.05, 0.1) is 21.1 Å². The lowest BCUT2D eigenvalue weighted by Crippen LogP contribution is -2.55. The van der Waals surface area contributed by atoms with Gasteiger partial charge in [0.2, 0.25) is 0 Å². The predicted molar refractivity (Wildman–Crippen MR) is 78.0 cm³/mol. The van der Waals surface area contributed by atoms with Crippen LogP contribution in [0, 0.1) is 0 Å². The number of hydrogen-bond donors (Lipinski definition) is 1. The van der Waals surface area contributed by atoms with Crippen LogP contribution in [-0.4, -0.2) is 54.6 Å². The molecule has 1 rings (SSSR count). The lowest BCUT2D eigenvalue weighted by Gasteiger charge is -2.34. The van der Waals surface area contributed by atoms with Crippen LogP contribution in [0.5, 0.6) is 0 Å². The summed E-state index contributed by atoms with van der Waals surface area (Å²) in [5.74, 6) is -2.09. The number of carbonyl (C=O) groups is 2. The van der Waals surface area contributed by atoms with E-state index in [2.05, 4.69) is 0 Å². The topological polar surface area (TPSA) is 77.4 Å². The number of benzene rings is 1. The van der Waals surface area contributed by atoms with E-state index in [1.54, 1.807) is 39.4 Å². The number of carbonyl (C=O) groups excluding carboxylic acids is 2. The molecule has 1 unspecified atom stereocenters. The van der Waals surface area contributed by atoms with Crippen molar-refractivity contribution in [2.45, 2.75) is 12.0 Å². The van der Waals surface area contributed by atoms with Gasteiger partial charge in [-0.2, -0.15) is 0 Å². The third kappa shape index (κ3) is 5.89. The van der Waals surface area contributed by atoms with Crippen LogP contribution in [0.15, 0.2) is 36.4 Å². The Morgan fingerprint density at radius 3 is 2.29 bits per heavy atom. The zero-order chi connectivity index (χ0) is 16.1. The molecule has 1 aromatic carbocycles. The molecule has 1 aromatic rings. The summed E-state index contributed by atoms with van der Waals surface area (Å²) < 4.78 is 0.259. The number of quaternary nitrogens is 1. The number of hydrogen-bond acceptors (Lipinski definition) is 4. The molecule has 0 fully saturated rings. The summed E-state index contributed by atoms with van der Waals surface area (Å²) in [6, 6.07) is 9.11. The molecular weight excluding hydrogens is 270 g/mol. The molecule has 0 saturated heterocycles. The number of rotatable bonds is 7. The SMILES string of the molecule is C[N+](C)(C)CC(O)(CC(=O)[O-])C(=O)C=Cc1ccccc1. The molecule has 5 heteroatoms. The zero-order valence-electron chi connectivity index (χ0n) is 12.6. The summed E-state index contributed by atoms with van der Waals surface area (Å²) in [5.41, 5.74) is -1.17. The van der Waals surface area contributed by atoms with Crippen molar-refractivity contribution in [3.05, 3.63) is 42.0 Å². The van der Waals surface area contributed by atoms with E-state index in [-0.39, 0.29) is 11.0 Å². The Bertz CT molecular complexity index is 531. The van der Waals surface area contributed by atoms with Crippen LogP contribution in [0.1, 0.15) is 12.0 Å². The van der Waals surface area contributed by atoms with Crippen LogP contribution >= 0.6 is 0 Å². The Morgan fingerprint density at radius 2 is 1.81 bits per heavy atom. The summed E-state index contributed by atoms with van der Waals surface area (Å²) in [4.78, 5) is 23.0. The molecule has 0 bridgehead atoms. The van der Waals surface area contributed by atoms with E-state index in [9.17, 15) is 19.8 Å². The first kappa shape index (κ1) is 17.1. The minimum Gasteiger partial charge on any atom is -0.550 e. The maximum atomic E-state index is 12.2. The third-order valence-corrected chi connectivity index (χ3v) is 2.86. The van der Waals surface area contributed by atoms with Gasteiger partial charge < -0.3 is 19.5 Å². The Kier molecular flexibility index (Phi) is 5.41. The molecule has 0 radical (unpaired) electrons. The smallest absolute Gasteiger partial charge is 0.193 e. The number of carboxylic acid groups (broad SMARTS) is 1. The van der Waals surface area contributed by atoms with Gasteiger partial charge in [-0.1, -0.05) is 36.4 Å². The summed E-state index contributed by atoms with van der Waals surface area (Å²) in [5, 5.41) is 21.3. The second-order valence-electron chi connectivity index (χ2n) is 6.14. The van der Waals surface area contributed by atoms with Gasteiger partial charge in [-0.25, -0.2) is 0 Å². The molecule has 21 heavy (non-hydrogen) atoms. The van der Waals surface area contributed by atoms with Crippen LogP contribution in [0.2, 0.25) is 0 Å². The highest BCUT2D eigenvalue weighted by Gasteiger charge is 2.39. The van der Waals surface area contributed by atoms with Crippen molar-refractivity contribution in [1.82, 2.24) is 0 Å². The lowest BCUT2D eigenvalue weighted by molar-refractivity contribution is -0.875. The predicted octanol–water partition coefficient (Wildman–Crippen LogP) is -0.154. The number of ketones is 1. The minimum absolute atomic E-state index is 0.0149. The molecule has 0 aliphatic rings. The average Bonchev–Trinajstić information content (AvgIpc) is 2.33. The second-order valence-corrected chi connectivity index (χ2v) is 6.14. The van der Waals surface area contributed by atoms with Gasteiger partial charge >= 0.3 is 0 Å². The molecule has 0 aliphatic carbocycles. The summed E-state index contributed by atoms with van der Waals surface area (Å²) >= 11 is 0. The normalized spacial score (nSPS) is 14.9. The maximum Gasteiger partial charge on any atom is 0.193 e. The van der Waals surface area contributed by atoms with E-state index in [0.29, 0.717) is 0 Å². The molecule has 0 aromatic heterocycles. The number of nitrogens with zero attached hydrogens (tertiary/aromatic N) is 1. The number of aliphatic carboxylic acids is 1. The summed E-state index contributed by atoms with van der Waals surface area (Å²) in [7, 11) is 5.32. The van der Waals surface area contributed by atoms with Crippen molar-refractivity contribution in [2.24, 2.45) is 0 Å². The van der Waals surface area contributed by atoms with E-state index in [1.165, 1.54) is 6.08 Å². The number of carboxylic acids is 1. The summed E-state index contributed by atoms with van der Waals surface area (Å²) in [6.45, 7) is -0.0149. The van der Waals surface area contributed by atoms with Crippen molar-refractivity contribution < 1.29 is 24.3 Å². The van der Waals surface area contributed by atoms with Crippen LogP contribution in [0.3, 0.4) is 0 Å². The highest BCUT2D eigenvalue weighted by Crippen LogP contribution is 2.17. The Hall–Kier alpha value is -1.98. The van der Waals surface area contributed by atoms with Crippen LogP contribution in [0.4, 0.5) is 0 Å². The first-order valence-corrected chi connectivity index (χ1v) is 6.63. The highest BCUT2D eigenvalue weighted by molar-refractivity contribution is 6.01. The maximum absolute atomic E-state index is 12.2. The first-order chi connectivity index (χ1) is 9.62. The molecule has 0 aliphatic heterocycles.